The molecule has 0 aliphatic heterocycles. The summed E-state index contributed by atoms with van der Waals surface area (Å²) in [5.41, 5.74) is -1.06. The first-order valence-electron chi connectivity index (χ1n) is 10.8. The Bertz CT molecular complexity index is 681. The Morgan fingerprint density at radius 2 is 1.93 bits per heavy atom. The molecule has 0 heterocycles. The van der Waals surface area contributed by atoms with E-state index in [-0.39, 0.29) is 18.3 Å². The molecular weight excluding hydrogens is 372 g/mol. The van der Waals surface area contributed by atoms with E-state index in [9.17, 15) is 30.0 Å². The summed E-state index contributed by atoms with van der Waals surface area (Å²) in [6.45, 7) is 7.37. The molecule has 4 N–H and O–H groups in total. The molecule has 29 heavy (non-hydrogen) atoms. The topological polar surface area (TPSA) is 115 Å². The fourth-order valence-electron chi connectivity index (χ4n) is 5.56. The van der Waals surface area contributed by atoms with E-state index in [0.717, 1.165) is 31.8 Å². The number of allylic oxidation sites excluding steroid dienone is 3. The molecule has 0 aromatic carbocycles. The lowest BCUT2D eigenvalue weighted by Crippen LogP contribution is -2.60. The molecule has 0 spiro atoms. The van der Waals surface area contributed by atoms with E-state index in [0.29, 0.717) is 18.3 Å². The van der Waals surface area contributed by atoms with Crippen molar-refractivity contribution in [2.45, 2.75) is 78.4 Å². The van der Waals surface area contributed by atoms with Crippen LogP contribution in [0.3, 0.4) is 0 Å². The molecule has 6 heteroatoms. The van der Waals surface area contributed by atoms with Gasteiger partial charge in [-0.05, 0) is 37.2 Å². The lowest BCUT2D eigenvalue weighted by Gasteiger charge is -2.53. The van der Waals surface area contributed by atoms with Gasteiger partial charge in [-0.25, -0.2) is 0 Å². The maximum atomic E-state index is 13.2. The second-order valence-electron chi connectivity index (χ2n) is 9.08. The molecule has 0 saturated heterocycles. The lowest BCUT2D eigenvalue weighted by atomic mass is 9.50. The Balaban J connectivity index is 2.57. The smallest absolute Gasteiger partial charge is 0.203 e. The SMILES string of the molecule is CCCCCC[C@@H](C)C1=C(O)C(=O)[C@H]2[C@@H]([C@@H](O)CC(C)[C@H]2O)[C@]1(C)C(=O)/C=C\O. The maximum absolute atomic E-state index is 13.2. The number of fused-ring (bicyclic) bond motifs is 1. The van der Waals surface area contributed by atoms with Crippen LogP contribution in [0.15, 0.2) is 23.7 Å². The van der Waals surface area contributed by atoms with Gasteiger partial charge in [0.25, 0.3) is 0 Å². The van der Waals surface area contributed by atoms with Crippen molar-refractivity contribution in [3.05, 3.63) is 23.7 Å². The third-order valence-electron chi connectivity index (χ3n) is 7.10. The third-order valence-corrected chi connectivity index (χ3v) is 7.10. The maximum Gasteiger partial charge on any atom is 0.203 e. The van der Waals surface area contributed by atoms with Crippen molar-refractivity contribution >= 4 is 11.6 Å². The monoisotopic (exact) mass is 408 g/mol. The molecule has 0 aromatic heterocycles. The highest BCUT2D eigenvalue weighted by Crippen LogP contribution is 2.55. The predicted octanol–water partition coefficient (Wildman–Crippen LogP) is 3.63. The van der Waals surface area contributed by atoms with Crippen LogP contribution < -0.4 is 0 Å². The molecule has 0 amide bonds. The van der Waals surface area contributed by atoms with Gasteiger partial charge in [0.2, 0.25) is 5.78 Å². The zero-order valence-corrected chi connectivity index (χ0v) is 18.0. The number of rotatable bonds is 8. The second kappa shape index (κ2) is 9.43. The largest absolute Gasteiger partial charge is 0.515 e. The van der Waals surface area contributed by atoms with Crippen molar-refractivity contribution in [1.29, 1.82) is 0 Å². The van der Waals surface area contributed by atoms with Gasteiger partial charge in [0.1, 0.15) is 0 Å². The van der Waals surface area contributed by atoms with Crippen LogP contribution in [-0.2, 0) is 9.59 Å². The number of unbranched alkanes of at least 4 members (excludes halogenated alkanes) is 3. The standard InChI is InChI=1S/C23H36O6/c1-5-6-7-8-9-13(2)18-22(29)21(28)17-19(15(25)12-14(3)20(17)27)23(18,4)16(26)10-11-24/h10-11,13-15,17,19-20,24-25,27,29H,5-9,12H2,1-4H3/b11-10-/t13-,14?,15+,17+,19-,20-,23-/m1/s1. The molecule has 0 radical (unpaired) electrons. The Labute approximate surface area is 173 Å². The number of aliphatic hydroxyl groups excluding tert-OH is 4. The Morgan fingerprint density at radius 3 is 2.52 bits per heavy atom. The minimum absolute atomic E-state index is 0.249. The summed E-state index contributed by atoms with van der Waals surface area (Å²) < 4.78 is 0. The summed E-state index contributed by atoms with van der Waals surface area (Å²) in [5.74, 6) is -4.02. The molecule has 2 rings (SSSR count). The van der Waals surface area contributed by atoms with Crippen molar-refractivity contribution < 1.29 is 30.0 Å². The third kappa shape index (κ3) is 4.15. The second-order valence-corrected chi connectivity index (χ2v) is 9.08. The number of carbonyl (C=O) groups is 2. The van der Waals surface area contributed by atoms with E-state index < -0.39 is 46.8 Å². The van der Waals surface area contributed by atoms with Crippen LogP contribution in [0, 0.1) is 29.1 Å². The molecule has 0 aromatic rings. The first-order valence-corrected chi connectivity index (χ1v) is 10.8. The predicted molar refractivity (Wildman–Crippen MR) is 110 cm³/mol. The summed E-state index contributed by atoms with van der Waals surface area (Å²) >= 11 is 0. The van der Waals surface area contributed by atoms with Gasteiger partial charge in [-0.15, -0.1) is 0 Å². The summed E-state index contributed by atoms with van der Waals surface area (Å²) in [5, 5.41) is 41.7. The van der Waals surface area contributed by atoms with Crippen molar-refractivity contribution in [2.24, 2.45) is 29.1 Å². The minimum Gasteiger partial charge on any atom is -0.515 e. The Hall–Kier alpha value is -1.66. The van der Waals surface area contributed by atoms with Crippen LogP contribution in [0.1, 0.15) is 66.2 Å². The van der Waals surface area contributed by atoms with Gasteiger partial charge in [-0.2, -0.15) is 0 Å². The van der Waals surface area contributed by atoms with Crippen molar-refractivity contribution in [1.82, 2.24) is 0 Å². The van der Waals surface area contributed by atoms with Crippen LogP contribution in [0.5, 0.6) is 0 Å². The van der Waals surface area contributed by atoms with Crippen LogP contribution in [0.4, 0.5) is 0 Å². The molecule has 1 fully saturated rings. The van der Waals surface area contributed by atoms with Gasteiger partial charge in [0.15, 0.2) is 11.5 Å². The molecular formula is C23H36O6. The molecule has 1 saturated carbocycles. The molecule has 164 valence electrons. The quantitative estimate of drug-likeness (QED) is 0.277. The van der Waals surface area contributed by atoms with E-state index in [1.807, 2.05) is 6.92 Å². The summed E-state index contributed by atoms with van der Waals surface area (Å²) in [7, 11) is 0. The van der Waals surface area contributed by atoms with Gasteiger partial charge in [-0.1, -0.05) is 46.5 Å². The van der Waals surface area contributed by atoms with Gasteiger partial charge >= 0.3 is 0 Å². The summed E-state index contributed by atoms with van der Waals surface area (Å²) in [4.78, 5) is 26.2. The van der Waals surface area contributed by atoms with Crippen LogP contribution in [-0.4, -0.2) is 44.2 Å². The zero-order valence-electron chi connectivity index (χ0n) is 18.0. The highest BCUT2D eigenvalue weighted by atomic mass is 16.3. The zero-order chi connectivity index (χ0) is 21.9. The van der Waals surface area contributed by atoms with Crippen molar-refractivity contribution in [3.63, 3.8) is 0 Å². The fraction of sp³-hybridized carbons (Fsp3) is 0.739. The van der Waals surface area contributed by atoms with Crippen LogP contribution >= 0.6 is 0 Å². The number of hydrogen-bond donors (Lipinski definition) is 4. The minimum atomic E-state index is -1.38. The molecule has 6 nitrogen and oxygen atoms in total. The van der Waals surface area contributed by atoms with Crippen molar-refractivity contribution in [3.8, 4) is 0 Å². The Morgan fingerprint density at radius 1 is 1.28 bits per heavy atom. The van der Waals surface area contributed by atoms with E-state index in [4.69, 9.17) is 0 Å². The molecule has 0 bridgehead atoms. The number of carbonyl (C=O) groups excluding carboxylic acids is 2. The van der Waals surface area contributed by atoms with E-state index in [2.05, 4.69) is 6.92 Å². The van der Waals surface area contributed by atoms with Crippen LogP contribution in [0.2, 0.25) is 0 Å². The molecule has 1 unspecified atom stereocenters. The highest BCUT2D eigenvalue weighted by Gasteiger charge is 2.61. The molecule has 7 atom stereocenters. The number of aliphatic hydroxyl groups is 4. The van der Waals surface area contributed by atoms with Gasteiger partial charge < -0.3 is 20.4 Å². The van der Waals surface area contributed by atoms with Crippen LogP contribution in [0.25, 0.3) is 0 Å². The number of ketones is 2. The molecule has 2 aliphatic rings. The molecule has 2 aliphatic carbocycles. The Kier molecular flexibility index (Phi) is 7.68. The van der Waals surface area contributed by atoms with Gasteiger partial charge in [0.05, 0.1) is 29.8 Å². The normalized spacial score (nSPS) is 36.3. The first-order chi connectivity index (χ1) is 13.6. The summed E-state index contributed by atoms with van der Waals surface area (Å²) in [6.07, 6.45) is 4.70. The number of hydrogen-bond acceptors (Lipinski definition) is 6. The summed E-state index contributed by atoms with van der Waals surface area (Å²) in [6, 6.07) is 0. The first kappa shape index (κ1) is 23.6. The van der Waals surface area contributed by atoms with Gasteiger partial charge in [-0.3, -0.25) is 9.59 Å². The van der Waals surface area contributed by atoms with Gasteiger partial charge in [0, 0.05) is 12.0 Å². The lowest BCUT2D eigenvalue weighted by molar-refractivity contribution is -0.159. The van der Waals surface area contributed by atoms with Crippen molar-refractivity contribution in [2.75, 3.05) is 0 Å². The average molecular weight is 409 g/mol. The number of Topliss-reactive ketones (excluding diaryl/α,β-unsaturated/α-hetero) is 1. The van der Waals surface area contributed by atoms with E-state index >= 15 is 0 Å². The highest BCUT2D eigenvalue weighted by molar-refractivity contribution is 6.04. The van der Waals surface area contributed by atoms with E-state index in [1.54, 1.807) is 13.8 Å². The van der Waals surface area contributed by atoms with E-state index in [1.165, 1.54) is 0 Å². The average Bonchev–Trinajstić information content (AvgIpc) is 2.66. The fourth-order valence-corrected chi connectivity index (χ4v) is 5.56.